The fraction of sp³-hybridized carbons (Fsp3) is 0. The van der Waals surface area contributed by atoms with Gasteiger partial charge in [0.2, 0.25) is 0 Å². The van der Waals surface area contributed by atoms with Gasteiger partial charge in [-0.25, -0.2) is 0 Å². The molecule has 2 heteroatoms. The molecule has 0 radical (unpaired) electrons. The maximum atomic E-state index is 8.83. The van der Waals surface area contributed by atoms with Gasteiger partial charge in [0.1, 0.15) is 0 Å². The van der Waals surface area contributed by atoms with Gasteiger partial charge in [0.25, 0.3) is 0 Å². The summed E-state index contributed by atoms with van der Waals surface area (Å²) in [6.07, 6.45) is 0. The van der Waals surface area contributed by atoms with Crippen LogP contribution in [0, 0.1) is 0 Å². The van der Waals surface area contributed by atoms with E-state index >= 15 is 0 Å². The largest absolute Gasteiger partial charge is 0.179 e. The minimum atomic E-state index is -3.22. The van der Waals surface area contributed by atoms with Crippen molar-refractivity contribution in [3.05, 3.63) is 120 Å². The number of halogens is 1. The zero-order valence-electron chi connectivity index (χ0n) is 19.0. The van der Waals surface area contributed by atoms with Crippen LogP contribution in [-0.2, 0) is 0 Å². The summed E-state index contributed by atoms with van der Waals surface area (Å²) in [6, 6.07) is 26.2. The summed E-state index contributed by atoms with van der Waals surface area (Å²) in [7, 11) is -3.22. The molecule has 0 bridgehead atoms. The molecule has 4 aromatic rings. The van der Waals surface area contributed by atoms with Crippen LogP contribution in [0.25, 0.3) is 0 Å². The molecule has 26 heavy (non-hydrogen) atoms. The number of benzene rings is 4. The minimum absolute atomic E-state index is 0.145. The highest BCUT2D eigenvalue weighted by molar-refractivity contribution is 9.10. The van der Waals surface area contributed by atoms with Gasteiger partial charge >= 0.3 is 0 Å². The first-order valence-electron chi connectivity index (χ1n) is 10.8. The normalized spacial score (nSPS) is 14.0. The lowest BCUT2D eigenvalue weighted by Crippen LogP contribution is -2.74. The molecular weight excluding hydrogens is 396 g/mol. The molecular formula is C24H19BrSi. The fourth-order valence-electron chi connectivity index (χ4n) is 3.45. The number of hydrogen-bond donors (Lipinski definition) is 0. The Kier molecular flexibility index (Phi) is 3.45. The van der Waals surface area contributed by atoms with E-state index in [-0.39, 0.29) is 30.2 Å². The van der Waals surface area contributed by atoms with Crippen molar-refractivity contribution < 1.29 is 6.85 Å². The SMILES string of the molecule is [2H]c1c([2H])c([2H])c([Si](c2ccccc2)(c2ccccc2)c2ccc(Br)cc2)c([2H])c1[2H]. The lowest BCUT2D eigenvalue weighted by atomic mass is 10.3. The van der Waals surface area contributed by atoms with Crippen LogP contribution in [0.1, 0.15) is 6.85 Å². The van der Waals surface area contributed by atoms with E-state index in [1.165, 1.54) is 0 Å². The van der Waals surface area contributed by atoms with E-state index in [4.69, 9.17) is 6.85 Å². The third kappa shape index (κ3) is 2.96. The van der Waals surface area contributed by atoms with Crippen molar-refractivity contribution in [3.63, 3.8) is 0 Å². The van der Waals surface area contributed by atoms with Gasteiger partial charge in [0.05, 0.1) is 6.85 Å². The second-order valence-electron chi connectivity index (χ2n) is 5.99. The standard InChI is InChI=1S/C24H19BrSi/c25-20-16-18-24(19-17-20)26(21-10-4-1-5-11-21,22-12-6-2-7-13-22)23-14-8-3-9-15-23/h1-19H/i1D,4D,5D,10D,11D. The van der Waals surface area contributed by atoms with E-state index in [9.17, 15) is 0 Å². The van der Waals surface area contributed by atoms with Gasteiger partial charge in [0.15, 0.2) is 8.07 Å². The van der Waals surface area contributed by atoms with Crippen LogP contribution in [0.15, 0.2) is 120 Å². The van der Waals surface area contributed by atoms with Gasteiger partial charge in [-0.3, -0.25) is 0 Å². The zero-order valence-corrected chi connectivity index (χ0v) is 16.5. The summed E-state index contributed by atoms with van der Waals surface area (Å²) in [5, 5.41) is 3.24. The van der Waals surface area contributed by atoms with Crippen LogP contribution in [0.4, 0.5) is 0 Å². The monoisotopic (exact) mass is 419 g/mol. The molecule has 0 aliphatic rings. The van der Waals surface area contributed by atoms with Crippen molar-refractivity contribution in [2.24, 2.45) is 0 Å². The minimum Gasteiger partial charge on any atom is -0.0623 e. The Balaban J connectivity index is 2.27. The van der Waals surface area contributed by atoms with E-state index in [1.54, 1.807) is 0 Å². The highest BCUT2D eigenvalue weighted by Gasteiger charge is 2.40. The van der Waals surface area contributed by atoms with Crippen LogP contribution in [-0.4, -0.2) is 8.07 Å². The summed E-state index contributed by atoms with van der Waals surface area (Å²) in [5.41, 5.74) is 0. The topological polar surface area (TPSA) is 0 Å². The molecule has 0 aromatic heterocycles. The zero-order chi connectivity index (χ0) is 22.2. The van der Waals surface area contributed by atoms with Crippen LogP contribution >= 0.6 is 15.9 Å². The van der Waals surface area contributed by atoms with Crippen LogP contribution in [0.2, 0.25) is 0 Å². The molecule has 0 spiro atoms. The van der Waals surface area contributed by atoms with Crippen LogP contribution in [0.5, 0.6) is 0 Å². The summed E-state index contributed by atoms with van der Waals surface area (Å²) >= 11 is 3.50. The number of hydrogen-bond acceptors (Lipinski definition) is 0. The summed E-state index contributed by atoms with van der Waals surface area (Å²) in [6.45, 7) is 0. The fourth-order valence-corrected chi connectivity index (χ4v) is 8.13. The Morgan fingerprint density at radius 1 is 0.538 bits per heavy atom. The molecule has 0 aliphatic carbocycles. The summed E-state index contributed by atoms with van der Waals surface area (Å²) in [4.78, 5) is 0. The molecule has 4 aromatic carbocycles. The Bertz CT molecular complexity index is 1160. The Morgan fingerprint density at radius 2 is 1.00 bits per heavy atom. The van der Waals surface area contributed by atoms with Crippen molar-refractivity contribution in [1.29, 1.82) is 0 Å². The predicted molar refractivity (Wildman–Crippen MR) is 118 cm³/mol. The number of rotatable bonds is 4. The van der Waals surface area contributed by atoms with Gasteiger partial charge in [-0.05, 0) is 32.9 Å². The average molecular weight is 420 g/mol. The molecule has 0 atom stereocenters. The van der Waals surface area contributed by atoms with Crippen molar-refractivity contribution >= 4 is 44.8 Å². The van der Waals surface area contributed by atoms with Crippen molar-refractivity contribution in [3.8, 4) is 0 Å². The van der Waals surface area contributed by atoms with E-state index in [0.29, 0.717) is 5.19 Å². The van der Waals surface area contributed by atoms with Gasteiger partial charge in [-0.15, -0.1) is 0 Å². The molecule has 0 saturated heterocycles. The lowest BCUT2D eigenvalue weighted by molar-refractivity contribution is 1.64. The summed E-state index contributed by atoms with van der Waals surface area (Å²) < 4.78 is 43.4. The Hall–Kier alpha value is -2.42. The third-order valence-corrected chi connectivity index (χ3v) is 9.69. The molecule has 0 heterocycles. The average Bonchev–Trinajstić information content (AvgIpc) is 2.81. The lowest BCUT2D eigenvalue weighted by Gasteiger charge is -2.34. The van der Waals surface area contributed by atoms with Crippen molar-refractivity contribution in [1.82, 2.24) is 0 Å². The van der Waals surface area contributed by atoms with Gasteiger partial charge in [-0.2, -0.15) is 0 Å². The first-order chi connectivity index (χ1) is 14.9. The highest BCUT2D eigenvalue weighted by Crippen LogP contribution is 2.12. The van der Waals surface area contributed by atoms with E-state index in [1.807, 2.05) is 84.9 Å². The van der Waals surface area contributed by atoms with E-state index in [0.717, 1.165) is 20.0 Å². The highest BCUT2D eigenvalue weighted by atomic mass is 79.9. The smallest absolute Gasteiger partial charge is 0.0623 e. The maximum absolute atomic E-state index is 8.83. The van der Waals surface area contributed by atoms with E-state index < -0.39 is 8.07 Å². The maximum Gasteiger partial charge on any atom is 0.179 e. The van der Waals surface area contributed by atoms with Crippen LogP contribution in [0.3, 0.4) is 0 Å². The second kappa shape index (κ2) is 7.44. The van der Waals surface area contributed by atoms with Gasteiger partial charge < -0.3 is 0 Å². The molecule has 0 fully saturated rings. The third-order valence-electron chi connectivity index (χ3n) is 4.57. The molecule has 126 valence electrons. The van der Waals surface area contributed by atoms with Gasteiger partial charge in [0, 0.05) is 4.47 Å². The second-order valence-corrected chi connectivity index (χ2v) is 10.6. The first kappa shape index (κ1) is 12.1. The molecule has 0 N–H and O–H groups in total. The Morgan fingerprint density at radius 3 is 1.50 bits per heavy atom. The molecule has 0 nitrogen and oxygen atoms in total. The molecule has 0 amide bonds. The summed E-state index contributed by atoms with van der Waals surface area (Å²) in [5.74, 6) is 0. The first-order valence-corrected chi connectivity index (χ1v) is 11.1. The van der Waals surface area contributed by atoms with Crippen molar-refractivity contribution in [2.45, 2.75) is 0 Å². The van der Waals surface area contributed by atoms with E-state index in [2.05, 4.69) is 15.9 Å². The molecule has 0 aliphatic heterocycles. The predicted octanol–water partition coefficient (Wildman–Crippen LogP) is 3.83. The molecule has 0 unspecified atom stereocenters. The quantitative estimate of drug-likeness (QED) is 0.348. The van der Waals surface area contributed by atoms with Gasteiger partial charge in [-0.1, -0.05) is 119 Å². The molecule has 0 saturated carbocycles. The van der Waals surface area contributed by atoms with Crippen molar-refractivity contribution in [2.75, 3.05) is 0 Å². The molecule has 4 rings (SSSR count). The Labute approximate surface area is 171 Å². The van der Waals surface area contributed by atoms with Crippen LogP contribution < -0.4 is 20.7 Å².